The van der Waals surface area contributed by atoms with Crippen molar-refractivity contribution in [2.75, 3.05) is 0 Å². The third-order valence-electron chi connectivity index (χ3n) is 2.67. The third-order valence-corrected chi connectivity index (χ3v) is 2.67. The maximum Gasteiger partial charge on any atom is 0.140 e. The molecule has 0 aliphatic rings. The van der Waals surface area contributed by atoms with Crippen molar-refractivity contribution in [1.29, 1.82) is 0 Å². The summed E-state index contributed by atoms with van der Waals surface area (Å²) in [5.74, 6) is 0.830. The van der Waals surface area contributed by atoms with Gasteiger partial charge in [-0.1, -0.05) is 51.1 Å². The Bertz CT molecular complexity index is 300. The Balaban J connectivity index is 2.88. The van der Waals surface area contributed by atoms with Crippen molar-refractivity contribution in [2.24, 2.45) is 5.92 Å². The lowest BCUT2D eigenvalue weighted by Gasteiger charge is -2.19. The molecule has 0 aliphatic carbocycles. The van der Waals surface area contributed by atoms with Gasteiger partial charge in [0, 0.05) is 12.3 Å². The minimum Gasteiger partial charge on any atom is -0.299 e. The third kappa shape index (κ3) is 3.19. The van der Waals surface area contributed by atoms with Crippen LogP contribution in [0.5, 0.6) is 0 Å². The van der Waals surface area contributed by atoms with Gasteiger partial charge in [0.05, 0.1) is 0 Å². The molecule has 82 valence electrons. The van der Waals surface area contributed by atoms with Crippen LogP contribution in [0.4, 0.5) is 0 Å². The van der Waals surface area contributed by atoms with Crippen molar-refractivity contribution < 1.29 is 4.79 Å². The second kappa shape index (κ2) is 5.69. The largest absolute Gasteiger partial charge is 0.299 e. The van der Waals surface area contributed by atoms with Crippen molar-refractivity contribution in [3.8, 4) is 0 Å². The Morgan fingerprint density at radius 3 is 2.27 bits per heavy atom. The molecule has 0 fully saturated rings. The number of ketones is 1. The van der Waals surface area contributed by atoms with Crippen molar-refractivity contribution >= 4 is 5.78 Å². The standard InChI is InChI=1S/C14H20O/c1-4-8-13(15)14(11(2)3)12-9-6-5-7-10-12/h5-7,9-11,14H,4,8H2,1-3H3/t14-/m0/s1. The van der Waals surface area contributed by atoms with E-state index in [-0.39, 0.29) is 5.92 Å². The molecule has 0 aliphatic heterocycles. The Morgan fingerprint density at radius 2 is 1.80 bits per heavy atom. The lowest BCUT2D eigenvalue weighted by Crippen LogP contribution is -2.17. The molecular weight excluding hydrogens is 184 g/mol. The van der Waals surface area contributed by atoms with E-state index in [4.69, 9.17) is 0 Å². The SMILES string of the molecule is CCCC(=O)[C@H](c1ccccc1)C(C)C. The molecule has 0 amide bonds. The minimum atomic E-state index is 0.0751. The fraction of sp³-hybridized carbons (Fsp3) is 0.500. The molecular formula is C14H20O. The summed E-state index contributed by atoms with van der Waals surface area (Å²) in [6.45, 7) is 6.29. The number of carbonyl (C=O) groups excluding carboxylic acids is 1. The van der Waals surface area contributed by atoms with Gasteiger partial charge in [-0.05, 0) is 17.9 Å². The molecule has 1 atom stereocenters. The van der Waals surface area contributed by atoms with Crippen LogP contribution >= 0.6 is 0 Å². The van der Waals surface area contributed by atoms with Crippen LogP contribution in [0.15, 0.2) is 30.3 Å². The number of rotatable bonds is 5. The summed E-state index contributed by atoms with van der Waals surface area (Å²) in [7, 11) is 0. The summed E-state index contributed by atoms with van der Waals surface area (Å²) in [5, 5.41) is 0. The molecule has 0 heterocycles. The van der Waals surface area contributed by atoms with Crippen LogP contribution in [-0.4, -0.2) is 5.78 Å². The lowest BCUT2D eigenvalue weighted by molar-refractivity contribution is -0.121. The van der Waals surface area contributed by atoms with Gasteiger partial charge < -0.3 is 0 Å². The molecule has 0 unspecified atom stereocenters. The van der Waals surface area contributed by atoms with Crippen LogP contribution in [0, 0.1) is 5.92 Å². The van der Waals surface area contributed by atoms with E-state index in [0.717, 1.165) is 12.0 Å². The van der Waals surface area contributed by atoms with E-state index in [1.165, 1.54) is 0 Å². The minimum absolute atomic E-state index is 0.0751. The van der Waals surface area contributed by atoms with Crippen LogP contribution in [0.1, 0.15) is 45.1 Å². The second-order valence-electron chi connectivity index (χ2n) is 4.35. The van der Waals surface area contributed by atoms with Gasteiger partial charge in [0.25, 0.3) is 0 Å². The topological polar surface area (TPSA) is 17.1 Å². The van der Waals surface area contributed by atoms with E-state index in [1.807, 2.05) is 18.2 Å². The zero-order chi connectivity index (χ0) is 11.3. The van der Waals surface area contributed by atoms with Crippen molar-refractivity contribution in [3.63, 3.8) is 0 Å². The zero-order valence-corrected chi connectivity index (χ0v) is 9.86. The Labute approximate surface area is 92.5 Å². The highest BCUT2D eigenvalue weighted by molar-refractivity contribution is 5.85. The highest BCUT2D eigenvalue weighted by Gasteiger charge is 2.22. The predicted molar refractivity (Wildman–Crippen MR) is 63.9 cm³/mol. The quantitative estimate of drug-likeness (QED) is 0.713. The first-order chi connectivity index (χ1) is 7.16. The molecule has 0 spiro atoms. The Morgan fingerprint density at radius 1 is 1.20 bits per heavy atom. The van der Waals surface area contributed by atoms with E-state index < -0.39 is 0 Å². The van der Waals surface area contributed by atoms with Crippen LogP contribution in [-0.2, 0) is 4.79 Å². The summed E-state index contributed by atoms with van der Waals surface area (Å²) < 4.78 is 0. The number of Topliss-reactive ketones (excluding diaryl/α,β-unsaturated/α-hetero) is 1. The lowest BCUT2D eigenvalue weighted by atomic mass is 9.83. The maximum absolute atomic E-state index is 12.0. The van der Waals surface area contributed by atoms with Crippen LogP contribution < -0.4 is 0 Å². The first-order valence-electron chi connectivity index (χ1n) is 5.74. The number of hydrogen-bond donors (Lipinski definition) is 0. The number of hydrogen-bond acceptors (Lipinski definition) is 1. The Hall–Kier alpha value is -1.11. The summed E-state index contributed by atoms with van der Waals surface area (Å²) in [5.41, 5.74) is 1.16. The van der Waals surface area contributed by atoms with E-state index in [1.54, 1.807) is 0 Å². The van der Waals surface area contributed by atoms with Gasteiger partial charge in [0.1, 0.15) is 5.78 Å². The molecule has 1 heteroatoms. The Kier molecular flexibility index (Phi) is 4.54. The monoisotopic (exact) mass is 204 g/mol. The van der Waals surface area contributed by atoms with Gasteiger partial charge in [-0.3, -0.25) is 4.79 Å². The zero-order valence-electron chi connectivity index (χ0n) is 9.86. The van der Waals surface area contributed by atoms with Gasteiger partial charge in [-0.25, -0.2) is 0 Å². The molecule has 1 nitrogen and oxygen atoms in total. The molecule has 0 bridgehead atoms. The molecule has 0 radical (unpaired) electrons. The summed E-state index contributed by atoms with van der Waals surface area (Å²) in [6, 6.07) is 10.1. The molecule has 0 N–H and O–H groups in total. The predicted octanol–water partition coefficient (Wildman–Crippen LogP) is 3.80. The fourth-order valence-corrected chi connectivity index (χ4v) is 2.00. The average molecular weight is 204 g/mol. The smallest absolute Gasteiger partial charge is 0.140 e. The highest BCUT2D eigenvalue weighted by Crippen LogP contribution is 2.26. The van der Waals surface area contributed by atoms with Crippen molar-refractivity contribution in [3.05, 3.63) is 35.9 Å². The molecule has 0 aromatic heterocycles. The van der Waals surface area contributed by atoms with Crippen LogP contribution in [0.2, 0.25) is 0 Å². The molecule has 1 aromatic carbocycles. The van der Waals surface area contributed by atoms with Crippen molar-refractivity contribution in [2.45, 2.75) is 39.5 Å². The van der Waals surface area contributed by atoms with Crippen molar-refractivity contribution in [1.82, 2.24) is 0 Å². The summed E-state index contributed by atoms with van der Waals surface area (Å²) in [6.07, 6.45) is 1.63. The van der Waals surface area contributed by atoms with Gasteiger partial charge in [-0.2, -0.15) is 0 Å². The molecule has 15 heavy (non-hydrogen) atoms. The first kappa shape index (κ1) is 12.0. The van der Waals surface area contributed by atoms with Gasteiger partial charge in [0.2, 0.25) is 0 Å². The van der Waals surface area contributed by atoms with Crippen LogP contribution in [0.3, 0.4) is 0 Å². The number of carbonyl (C=O) groups is 1. The van der Waals surface area contributed by atoms with E-state index in [0.29, 0.717) is 18.1 Å². The maximum atomic E-state index is 12.0. The van der Waals surface area contributed by atoms with Gasteiger partial charge >= 0.3 is 0 Å². The van der Waals surface area contributed by atoms with E-state index in [2.05, 4.69) is 32.9 Å². The highest BCUT2D eigenvalue weighted by atomic mass is 16.1. The van der Waals surface area contributed by atoms with E-state index >= 15 is 0 Å². The van der Waals surface area contributed by atoms with Gasteiger partial charge in [-0.15, -0.1) is 0 Å². The fourth-order valence-electron chi connectivity index (χ4n) is 2.00. The molecule has 0 saturated heterocycles. The average Bonchev–Trinajstić information content (AvgIpc) is 2.19. The molecule has 0 saturated carbocycles. The van der Waals surface area contributed by atoms with E-state index in [9.17, 15) is 4.79 Å². The second-order valence-corrected chi connectivity index (χ2v) is 4.35. The molecule has 1 aromatic rings. The van der Waals surface area contributed by atoms with Gasteiger partial charge in [0.15, 0.2) is 0 Å². The first-order valence-corrected chi connectivity index (χ1v) is 5.74. The van der Waals surface area contributed by atoms with Crippen LogP contribution in [0.25, 0.3) is 0 Å². The molecule has 1 rings (SSSR count). The summed E-state index contributed by atoms with van der Waals surface area (Å²) >= 11 is 0. The normalized spacial score (nSPS) is 12.8. The summed E-state index contributed by atoms with van der Waals surface area (Å²) in [4.78, 5) is 12.0. The number of benzene rings is 1.